The minimum absolute atomic E-state index is 0.0572. The maximum Gasteiger partial charge on any atom is 0.163 e. The van der Waals surface area contributed by atoms with Crippen molar-refractivity contribution in [1.82, 2.24) is 9.88 Å². The van der Waals surface area contributed by atoms with E-state index in [-0.39, 0.29) is 11.8 Å². The number of nitrogens with zero attached hydrogens (tertiary/aromatic N) is 2. The van der Waals surface area contributed by atoms with E-state index in [0.717, 1.165) is 36.6 Å². The summed E-state index contributed by atoms with van der Waals surface area (Å²) in [5.41, 5.74) is 1.26. The van der Waals surface area contributed by atoms with Crippen molar-refractivity contribution in [2.24, 2.45) is 11.8 Å². The molecule has 3 nitrogen and oxygen atoms in total. The van der Waals surface area contributed by atoms with Crippen molar-refractivity contribution in [3.05, 3.63) is 65.0 Å². The van der Waals surface area contributed by atoms with E-state index in [1.165, 1.54) is 0 Å². The molecule has 1 saturated carbocycles. The van der Waals surface area contributed by atoms with Crippen LogP contribution in [0.4, 0.5) is 8.78 Å². The Morgan fingerprint density at radius 1 is 1.15 bits per heavy atom. The Hall–Kier alpha value is -1.85. The minimum Gasteiger partial charge on any atom is -0.383 e. The molecule has 0 unspecified atom stereocenters. The Morgan fingerprint density at radius 2 is 1.88 bits per heavy atom. The summed E-state index contributed by atoms with van der Waals surface area (Å²) in [5.74, 6) is -1.46. The summed E-state index contributed by atoms with van der Waals surface area (Å²) in [5, 5.41) is 11.6. The van der Waals surface area contributed by atoms with Crippen LogP contribution < -0.4 is 0 Å². The third-order valence-electron chi connectivity index (χ3n) is 6.05. The number of piperidine rings is 1. The van der Waals surface area contributed by atoms with Crippen LogP contribution in [0.25, 0.3) is 0 Å². The number of rotatable bonds is 3. The van der Waals surface area contributed by atoms with Crippen molar-refractivity contribution in [3.63, 3.8) is 0 Å². The monoisotopic (exact) mass is 358 g/mol. The summed E-state index contributed by atoms with van der Waals surface area (Å²) in [7, 11) is 0. The molecule has 2 bridgehead atoms. The van der Waals surface area contributed by atoms with E-state index in [2.05, 4.69) is 9.88 Å². The molecule has 2 aliphatic rings. The van der Waals surface area contributed by atoms with Gasteiger partial charge in [-0.25, -0.2) is 8.78 Å². The summed E-state index contributed by atoms with van der Waals surface area (Å²) in [6.45, 7) is 3.68. The SMILES string of the molecule is Cc1ccc(C2(O)[C@H]3CCC[C@H]2CN(Cc2cccc(F)c2F)C3)nc1. The van der Waals surface area contributed by atoms with Gasteiger partial charge in [-0.05, 0) is 37.5 Å². The standard InChI is InChI=1S/C21H24F2N2O/c1-14-8-9-19(24-10-14)21(26)16-5-3-6-17(21)13-25(12-16)11-15-4-2-7-18(22)20(15)23/h2,4,7-10,16-17,26H,3,5-6,11-13H2,1H3/t16-,17-/m0/s1. The van der Waals surface area contributed by atoms with Gasteiger partial charge in [-0.3, -0.25) is 9.88 Å². The van der Waals surface area contributed by atoms with Crippen LogP contribution in [0.1, 0.15) is 36.1 Å². The van der Waals surface area contributed by atoms with Crippen LogP contribution in [-0.2, 0) is 12.1 Å². The zero-order valence-electron chi connectivity index (χ0n) is 15.0. The molecule has 138 valence electrons. The lowest BCUT2D eigenvalue weighted by atomic mass is 9.64. The fourth-order valence-corrected chi connectivity index (χ4v) is 4.71. The molecule has 4 rings (SSSR count). The summed E-state index contributed by atoms with van der Waals surface area (Å²) in [4.78, 5) is 6.66. The molecule has 5 heteroatoms. The maximum atomic E-state index is 14.0. The first-order chi connectivity index (χ1) is 12.5. The summed E-state index contributed by atoms with van der Waals surface area (Å²) >= 11 is 0. The van der Waals surface area contributed by atoms with Crippen LogP contribution in [0.5, 0.6) is 0 Å². The highest BCUT2D eigenvalue weighted by molar-refractivity contribution is 5.23. The first-order valence-electron chi connectivity index (χ1n) is 9.29. The molecule has 2 aromatic rings. The van der Waals surface area contributed by atoms with Crippen molar-refractivity contribution in [2.45, 2.75) is 38.3 Å². The fourth-order valence-electron chi connectivity index (χ4n) is 4.71. The topological polar surface area (TPSA) is 36.4 Å². The summed E-state index contributed by atoms with van der Waals surface area (Å²) in [6.07, 6.45) is 4.73. The minimum atomic E-state index is -0.928. The van der Waals surface area contributed by atoms with Gasteiger partial charge in [-0.15, -0.1) is 0 Å². The molecular weight excluding hydrogens is 334 g/mol. The number of halogens is 2. The zero-order chi connectivity index (χ0) is 18.3. The second kappa shape index (κ2) is 6.71. The van der Waals surface area contributed by atoms with Gasteiger partial charge in [-0.1, -0.05) is 24.6 Å². The van der Waals surface area contributed by atoms with Gasteiger partial charge in [0.1, 0.15) is 5.60 Å². The van der Waals surface area contributed by atoms with Crippen LogP contribution >= 0.6 is 0 Å². The first-order valence-corrected chi connectivity index (χ1v) is 9.29. The normalized spacial score (nSPS) is 28.9. The number of hydrogen-bond acceptors (Lipinski definition) is 3. The third-order valence-corrected chi connectivity index (χ3v) is 6.05. The number of pyridine rings is 1. The van der Waals surface area contributed by atoms with Crippen molar-refractivity contribution in [2.75, 3.05) is 13.1 Å². The van der Waals surface area contributed by atoms with Crippen LogP contribution in [-0.4, -0.2) is 28.1 Å². The van der Waals surface area contributed by atoms with Gasteiger partial charge in [0.05, 0.1) is 5.69 Å². The summed E-state index contributed by atoms with van der Waals surface area (Å²) < 4.78 is 27.5. The molecule has 1 aromatic heterocycles. The van der Waals surface area contributed by atoms with E-state index in [9.17, 15) is 13.9 Å². The van der Waals surface area contributed by atoms with Crippen LogP contribution in [0, 0.1) is 30.4 Å². The van der Waals surface area contributed by atoms with Crippen molar-refractivity contribution < 1.29 is 13.9 Å². The molecule has 2 fully saturated rings. The molecule has 2 atom stereocenters. The predicted octanol–water partition coefficient (Wildman–Crippen LogP) is 3.79. The first kappa shape index (κ1) is 17.6. The Labute approximate surface area is 152 Å². The number of aliphatic hydroxyl groups is 1. The second-order valence-corrected chi connectivity index (χ2v) is 7.78. The molecule has 0 amide bonds. The lowest BCUT2D eigenvalue weighted by molar-refractivity contribution is -0.151. The van der Waals surface area contributed by atoms with Crippen molar-refractivity contribution in [1.29, 1.82) is 0 Å². The van der Waals surface area contributed by atoms with Crippen molar-refractivity contribution in [3.8, 4) is 0 Å². The highest BCUT2D eigenvalue weighted by Gasteiger charge is 2.52. The molecule has 26 heavy (non-hydrogen) atoms. The molecule has 1 aliphatic heterocycles. The number of fused-ring (bicyclic) bond motifs is 2. The van der Waals surface area contributed by atoms with Gasteiger partial charge < -0.3 is 5.11 Å². The number of likely N-dealkylation sites (tertiary alicyclic amines) is 1. The van der Waals surface area contributed by atoms with Gasteiger partial charge in [-0.2, -0.15) is 0 Å². The molecule has 0 spiro atoms. The van der Waals surface area contributed by atoms with Gasteiger partial charge in [0.25, 0.3) is 0 Å². The number of benzene rings is 1. The van der Waals surface area contributed by atoms with Gasteiger partial charge in [0.15, 0.2) is 11.6 Å². The number of aromatic nitrogens is 1. The van der Waals surface area contributed by atoms with E-state index in [0.29, 0.717) is 25.2 Å². The average molecular weight is 358 g/mol. The summed E-state index contributed by atoms with van der Waals surface area (Å²) in [6, 6.07) is 8.25. The fraction of sp³-hybridized carbons (Fsp3) is 0.476. The maximum absolute atomic E-state index is 14.0. The van der Waals surface area contributed by atoms with E-state index in [1.807, 2.05) is 19.1 Å². The van der Waals surface area contributed by atoms with Gasteiger partial charge in [0, 0.05) is 43.2 Å². The average Bonchev–Trinajstić information content (AvgIpc) is 2.60. The zero-order valence-corrected chi connectivity index (χ0v) is 15.0. The number of aryl methyl sites for hydroxylation is 1. The van der Waals surface area contributed by atoms with E-state index < -0.39 is 17.2 Å². The number of hydrogen-bond donors (Lipinski definition) is 1. The molecule has 1 aliphatic carbocycles. The molecule has 1 N–H and O–H groups in total. The predicted molar refractivity (Wildman–Crippen MR) is 95.3 cm³/mol. The quantitative estimate of drug-likeness (QED) is 0.907. The Morgan fingerprint density at radius 3 is 2.54 bits per heavy atom. The highest BCUT2D eigenvalue weighted by atomic mass is 19.2. The Bertz CT molecular complexity index is 779. The smallest absolute Gasteiger partial charge is 0.163 e. The molecule has 1 saturated heterocycles. The highest BCUT2D eigenvalue weighted by Crippen LogP contribution is 2.48. The van der Waals surface area contributed by atoms with E-state index in [1.54, 1.807) is 18.3 Å². The van der Waals surface area contributed by atoms with Crippen molar-refractivity contribution >= 4 is 0 Å². The van der Waals surface area contributed by atoms with Crippen LogP contribution in [0.15, 0.2) is 36.5 Å². The van der Waals surface area contributed by atoms with E-state index in [4.69, 9.17) is 0 Å². The van der Waals surface area contributed by atoms with Gasteiger partial charge >= 0.3 is 0 Å². The lowest BCUT2D eigenvalue weighted by Gasteiger charge is -2.52. The second-order valence-electron chi connectivity index (χ2n) is 7.78. The Balaban J connectivity index is 1.58. The molecule has 0 radical (unpaired) electrons. The Kier molecular flexibility index (Phi) is 4.53. The van der Waals surface area contributed by atoms with Gasteiger partial charge in [0.2, 0.25) is 0 Å². The van der Waals surface area contributed by atoms with Crippen LogP contribution in [0.3, 0.4) is 0 Å². The molecular formula is C21H24F2N2O. The molecule has 2 heterocycles. The lowest BCUT2D eigenvalue weighted by Crippen LogP contribution is -2.58. The molecule has 1 aromatic carbocycles. The third kappa shape index (κ3) is 2.93. The van der Waals surface area contributed by atoms with E-state index >= 15 is 0 Å². The largest absolute Gasteiger partial charge is 0.383 e. The van der Waals surface area contributed by atoms with Crippen LogP contribution in [0.2, 0.25) is 0 Å².